The molecule has 1 unspecified atom stereocenters. The van der Waals surface area contributed by atoms with Gasteiger partial charge in [0.25, 0.3) is 0 Å². The summed E-state index contributed by atoms with van der Waals surface area (Å²) in [7, 11) is 0. The maximum Gasteiger partial charge on any atom is 0.317 e. The minimum absolute atomic E-state index is 0.0212. The number of carboxylic acids is 1. The summed E-state index contributed by atoms with van der Waals surface area (Å²) >= 11 is 0. The van der Waals surface area contributed by atoms with E-state index >= 15 is 0 Å². The van der Waals surface area contributed by atoms with Crippen molar-refractivity contribution in [3.05, 3.63) is 29.8 Å². The lowest BCUT2D eigenvalue weighted by Crippen LogP contribution is -2.51. The topological polar surface area (TPSA) is 72.9 Å². The molecule has 2 rings (SSSR count). The van der Waals surface area contributed by atoms with Crippen molar-refractivity contribution in [3.8, 4) is 0 Å². The number of anilines is 1. The number of benzene rings is 1. The van der Waals surface area contributed by atoms with Gasteiger partial charge in [-0.25, -0.2) is 8.78 Å². The number of aliphatic carboxylic acids is 1. The van der Waals surface area contributed by atoms with Crippen LogP contribution in [-0.4, -0.2) is 65.0 Å². The molecule has 1 amide bonds. The van der Waals surface area contributed by atoms with Crippen LogP contribution in [0.15, 0.2) is 18.2 Å². The number of amides is 1. The number of nitrogens with one attached hydrogen (secondary N) is 1. The summed E-state index contributed by atoms with van der Waals surface area (Å²) in [5.41, 5.74) is 0.217. The average molecular weight is 369 g/mol. The lowest BCUT2D eigenvalue weighted by Gasteiger charge is -2.39. The van der Waals surface area contributed by atoms with Gasteiger partial charge in [0.15, 0.2) is 11.6 Å². The van der Waals surface area contributed by atoms with Gasteiger partial charge in [-0.2, -0.15) is 0 Å². The standard InChI is InChI=1S/C18H25F2N3O3/c1-3-22(11-17(24)25)14-6-8-23(9-7-14)12(2)18(26)21-13-4-5-15(19)16(20)10-13/h4-5,10,12,14H,3,6-9,11H2,1-2H3,(H,21,26)(H,24,25). The zero-order valence-corrected chi connectivity index (χ0v) is 15.0. The van der Waals surface area contributed by atoms with Crippen molar-refractivity contribution < 1.29 is 23.5 Å². The molecule has 1 atom stereocenters. The summed E-state index contributed by atoms with van der Waals surface area (Å²) < 4.78 is 26.2. The maximum atomic E-state index is 13.2. The number of carbonyl (C=O) groups is 2. The summed E-state index contributed by atoms with van der Waals surface area (Å²) in [5, 5.41) is 11.6. The highest BCUT2D eigenvalue weighted by atomic mass is 19.2. The van der Waals surface area contributed by atoms with Crippen LogP contribution in [0.4, 0.5) is 14.5 Å². The van der Waals surface area contributed by atoms with Gasteiger partial charge in [-0.15, -0.1) is 0 Å². The van der Waals surface area contributed by atoms with Gasteiger partial charge in [-0.1, -0.05) is 6.92 Å². The van der Waals surface area contributed by atoms with Gasteiger partial charge < -0.3 is 10.4 Å². The SMILES string of the molecule is CCN(CC(=O)O)C1CCN(C(C)C(=O)Nc2ccc(F)c(F)c2)CC1. The molecule has 0 radical (unpaired) electrons. The van der Waals surface area contributed by atoms with Gasteiger partial charge in [-0.3, -0.25) is 19.4 Å². The van der Waals surface area contributed by atoms with Gasteiger partial charge in [-0.05, 0) is 38.4 Å². The summed E-state index contributed by atoms with van der Waals surface area (Å²) in [6.07, 6.45) is 1.56. The summed E-state index contributed by atoms with van der Waals surface area (Å²) in [5.74, 6) is -3.09. The second-order valence-corrected chi connectivity index (χ2v) is 6.52. The number of hydrogen-bond acceptors (Lipinski definition) is 4. The second kappa shape index (κ2) is 9.05. The Balaban J connectivity index is 1.88. The van der Waals surface area contributed by atoms with E-state index in [0.29, 0.717) is 19.6 Å². The molecular weight excluding hydrogens is 344 g/mol. The number of likely N-dealkylation sites (tertiary alicyclic amines) is 1. The van der Waals surface area contributed by atoms with Crippen LogP contribution in [0.25, 0.3) is 0 Å². The fraction of sp³-hybridized carbons (Fsp3) is 0.556. The van der Waals surface area contributed by atoms with Gasteiger partial charge >= 0.3 is 5.97 Å². The Morgan fingerprint density at radius 2 is 1.96 bits per heavy atom. The quantitative estimate of drug-likeness (QED) is 0.771. The lowest BCUT2D eigenvalue weighted by atomic mass is 10.0. The van der Waals surface area contributed by atoms with Crippen LogP contribution in [0, 0.1) is 11.6 Å². The predicted octanol–water partition coefficient (Wildman–Crippen LogP) is 2.16. The highest BCUT2D eigenvalue weighted by Crippen LogP contribution is 2.19. The number of piperidine rings is 1. The Morgan fingerprint density at radius 3 is 2.50 bits per heavy atom. The molecule has 0 spiro atoms. The van der Waals surface area contributed by atoms with Crippen molar-refractivity contribution in [1.82, 2.24) is 9.80 Å². The molecule has 6 nitrogen and oxygen atoms in total. The number of likely N-dealkylation sites (N-methyl/N-ethyl adjacent to an activating group) is 1. The van der Waals surface area contributed by atoms with Crippen LogP contribution in [0.3, 0.4) is 0 Å². The molecule has 0 bridgehead atoms. The minimum Gasteiger partial charge on any atom is -0.480 e. The molecule has 1 aliphatic rings. The van der Waals surface area contributed by atoms with Crippen molar-refractivity contribution in [2.45, 2.75) is 38.8 Å². The Morgan fingerprint density at radius 1 is 1.31 bits per heavy atom. The number of nitrogens with zero attached hydrogens (tertiary/aromatic N) is 2. The smallest absolute Gasteiger partial charge is 0.317 e. The molecule has 0 aromatic heterocycles. The second-order valence-electron chi connectivity index (χ2n) is 6.52. The van der Waals surface area contributed by atoms with Crippen LogP contribution in [0.5, 0.6) is 0 Å². The maximum absolute atomic E-state index is 13.2. The van der Waals surface area contributed by atoms with Crippen LogP contribution in [-0.2, 0) is 9.59 Å². The largest absolute Gasteiger partial charge is 0.480 e. The minimum atomic E-state index is -1.01. The number of carboxylic acid groups (broad SMARTS) is 1. The molecular formula is C18H25F2N3O3. The molecule has 1 fully saturated rings. The zero-order valence-electron chi connectivity index (χ0n) is 15.0. The number of hydrogen-bond donors (Lipinski definition) is 2. The molecule has 1 saturated heterocycles. The van der Waals surface area contributed by atoms with E-state index in [9.17, 15) is 18.4 Å². The fourth-order valence-corrected chi connectivity index (χ4v) is 3.30. The third-order valence-electron chi connectivity index (χ3n) is 4.87. The summed E-state index contributed by atoms with van der Waals surface area (Å²) in [4.78, 5) is 27.3. The van der Waals surface area contributed by atoms with Crippen molar-refractivity contribution in [2.75, 3.05) is 31.5 Å². The van der Waals surface area contributed by atoms with E-state index in [0.717, 1.165) is 25.0 Å². The number of rotatable bonds is 7. The van der Waals surface area contributed by atoms with Crippen LogP contribution in [0.1, 0.15) is 26.7 Å². The molecule has 0 aliphatic carbocycles. The molecule has 26 heavy (non-hydrogen) atoms. The van der Waals surface area contributed by atoms with E-state index in [-0.39, 0.29) is 24.2 Å². The van der Waals surface area contributed by atoms with Crippen molar-refractivity contribution in [3.63, 3.8) is 0 Å². The van der Waals surface area contributed by atoms with Gasteiger partial charge in [0, 0.05) is 30.9 Å². The molecule has 1 heterocycles. The van der Waals surface area contributed by atoms with Gasteiger partial charge in [0.05, 0.1) is 12.6 Å². The summed E-state index contributed by atoms with van der Waals surface area (Å²) in [6, 6.07) is 3.02. The third-order valence-corrected chi connectivity index (χ3v) is 4.87. The molecule has 8 heteroatoms. The van der Waals surface area contributed by atoms with E-state index in [2.05, 4.69) is 5.32 Å². The Kier molecular flexibility index (Phi) is 7.05. The molecule has 0 saturated carbocycles. The predicted molar refractivity (Wildman–Crippen MR) is 93.9 cm³/mol. The number of halogens is 2. The van der Waals surface area contributed by atoms with Crippen molar-refractivity contribution in [2.24, 2.45) is 0 Å². The van der Waals surface area contributed by atoms with Gasteiger partial charge in [0.1, 0.15) is 0 Å². The monoisotopic (exact) mass is 369 g/mol. The first-order valence-electron chi connectivity index (χ1n) is 8.77. The molecule has 2 N–H and O–H groups in total. The Labute approximate surface area is 151 Å². The van der Waals surface area contributed by atoms with Gasteiger partial charge in [0.2, 0.25) is 5.91 Å². The average Bonchev–Trinajstić information content (AvgIpc) is 2.62. The van der Waals surface area contributed by atoms with E-state index in [1.807, 2.05) is 16.7 Å². The third kappa shape index (κ3) is 5.22. The number of carbonyl (C=O) groups excluding carboxylic acids is 1. The molecule has 144 valence electrons. The van der Waals surface area contributed by atoms with E-state index in [1.54, 1.807) is 6.92 Å². The summed E-state index contributed by atoms with van der Waals surface area (Å²) in [6.45, 7) is 5.74. The normalized spacial score (nSPS) is 17.3. The molecule has 1 aromatic carbocycles. The van der Waals surface area contributed by atoms with E-state index in [4.69, 9.17) is 5.11 Å². The first-order valence-corrected chi connectivity index (χ1v) is 8.77. The first kappa shape index (κ1) is 20.3. The molecule has 1 aliphatic heterocycles. The molecule has 1 aromatic rings. The highest BCUT2D eigenvalue weighted by Gasteiger charge is 2.29. The van der Waals surface area contributed by atoms with Crippen molar-refractivity contribution in [1.29, 1.82) is 0 Å². The fourth-order valence-electron chi connectivity index (χ4n) is 3.30. The van der Waals surface area contributed by atoms with Crippen LogP contribution < -0.4 is 5.32 Å². The van der Waals surface area contributed by atoms with E-state index in [1.165, 1.54) is 6.07 Å². The van der Waals surface area contributed by atoms with Crippen LogP contribution >= 0.6 is 0 Å². The first-order chi connectivity index (χ1) is 12.3. The van der Waals surface area contributed by atoms with Crippen LogP contribution in [0.2, 0.25) is 0 Å². The lowest BCUT2D eigenvalue weighted by molar-refractivity contribution is -0.139. The zero-order chi connectivity index (χ0) is 19.3. The van der Waals surface area contributed by atoms with E-state index < -0.39 is 23.6 Å². The van der Waals surface area contributed by atoms with Crippen molar-refractivity contribution >= 4 is 17.6 Å². The Bertz CT molecular complexity index is 649. The highest BCUT2D eigenvalue weighted by molar-refractivity contribution is 5.94. The Hall–Kier alpha value is -2.06.